The third-order valence-electron chi connectivity index (χ3n) is 2.98. The number of rotatable bonds is 6. The van der Waals surface area contributed by atoms with Crippen molar-refractivity contribution in [3.8, 4) is 0 Å². The van der Waals surface area contributed by atoms with Gasteiger partial charge < -0.3 is 4.74 Å². The molecule has 0 saturated carbocycles. The molecule has 0 fully saturated rings. The van der Waals surface area contributed by atoms with Crippen LogP contribution in [0, 0.1) is 0 Å². The van der Waals surface area contributed by atoms with Gasteiger partial charge in [0.25, 0.3) is 0 Å². The van der Waals surface area contributed by atoms with Gasteiger partial charge in [-0.25, -0.2) is 9.78 Å². The molecule has 0 saturated heterocycles. The molecule has 1 atom stereocenters. The second-order valence-electron chi connectivity index (χ2n) is 5.22. The largest absolute Gasteiger partial charge is 0.451 e. The van der Waals surface area contributed by atoms with Crippen LogP contribution in [0.1, 0.15) is 44.0 Å². The van der Waals surface area contributed by atoms with E-state index >= 15 is 0 Å². The van der Waals surface area contributed by atoms with Crippen molar-refractivity contribution in [2.45, 2.75) is 39.2 Å². The summed E-state index contributed by atoms with van der Waals surface area (Å²) in [5, 5.41) is 0.374. The van der Waals surface area contributed by atoms with Crippen molar-refractivity contribution in [2.75, 3.05) is 0 Å². The number of aromatic nitrogens is 1. The van der Waals surface area contributed by atoms with Gasteiger partial charge in [0.15, 0.2) is 0 Å². The van der Waals surface area contributed by atoms with Crippen LogP contribution in [-0.2, 0) is 4.74 Å². The first-order valence-corrected chi connectivity index (χ1v) is 7.34. The summed E-state index contributed by atoms with van der Waals surface area (Å²) in [5.74, 6) is -0.499. The van der Waals surface area contributed by atoms with Crippen LogP contribution in [0.25, 0.3) is 0 Å². The molecule has 1 aromatic rings. The molecule has 0 radical (unpaired) electrons. The molecule has 1 heterocycles. The Labute approximate surface area is 135 Å². The molecular formula is C16H19Cl2NO2. The van der Waals surface area contributed by atoms with Gasteiger partial charge in [0.05, 0.1) is 10.6 Å². The molecule has 0 N–H and O–H groups in total. The maximum Gasteiger partial charge on any atom is 0.340 e. The Hall–Kier alpha value is -1.32. The number of nitrogens with zero attached hydrogens (tertiary/aromatic N) is 1. The quantitative estimate of drug-likeness (QED) is 0.407. The fourth-order valence-corrected chi connectivity index (χ4v) is 1.92. The molecule has 0 amide bonds. The first-order valence-electron chi connectivity index (χ1n) is 6.59. The van der Waals surface area contributed by atoms with Crippen molar-refractivity contribution in [3.63, 3.8) is 0 Å². The SMILES string of the molecule is C=CC(C)(CCC=C(C)C)OC(=O)c1cnc(Cl)c(Cl)c1. The van der Waals surface area contributed by atoms with Crippen LogP contribution in [0.2, 0.25) is 10.2 Å². The monoisotopic (exact) mass is 327 g/mol. The molecule has 0 aliphatic heterocycles. The van der Waals surface area contributed by atoms with Gasteiger partial charge in [-0.15, -0.1) is 0 Å². The van der Waals surface area contributed by atoms with Gasteiger partial charge in [0.2, 0.25) is 0 Å². The maximum absolute atomic E-state index is 12.2. The molecule has 0 aliphatic rings. The molecule has 114 valence electrons. The van der Waals surface area contributed by atoms with Crippen molar-refractivity contribution in [1.82, 2.24) is 4.98 Å². The predicted molar refractivity (Wildman–Crippen MR) is 86.9 cm³/mol. The zero-order chi connectivity index (χ0) is 16.0. The van der Waals surface area contributed by atoms with Gasteiger partial charge in [-0.3, -0.25) is 0 Å². The number of esters is 1. The Morgan fingerprint density at radius 3 is 2.67 bits per heavy atom. The Kier molecular flexibility index (Phi) is 6.43. The molecule has 1 aromatic heterocycles. The molecule has 0 aromatic carbocycles. The van der Waals surface area contributed by atoms with Crippen LogP contribution in [0.15, 0.2) is 36.6 Å². The summed E-state index contributed by atoms with van der Waals surface area (Å²) in [5.41, 5.74) is 0.746. The smallest absolute Gasteiger partial charge is 0.340 e. The number of ether oxygens (including phenoxy) is 1. The lowest BCUT2D eigenvalue weighted by Crippen LogP contribution is -2.29. The van der Waals surface area contributed by atoms with Gasteiger partial charge in [0.1, 0.15) is 10.8 Å². The number of allylic oxidation sites excluding steroid dienone is 2. The Balaban J connectivity index is 2.79. The normalized spacial score (nSPS) is 13.2. The molecule has 0 spiro atoms. The fraction of sp³-hybridized carbons (Fsp3) is 0.375. The summed E-state index contributed by atoms with van der Waals surface area (Å²) < 4.78 is 5.52. The minimum Gasteiger partial charge on any atom is -0.451 e. The van der Waals surface area contributed by atoms with Crippen LogP contribution < -0.4 is 0 Å². The number of hydrogen-bond acceptors (Lipinski definition) is 3. The zero-order valence-electron chi connectivity index (χ0n) is 12.5. The lowest BCUT2D eigenvalue weighted by Gasteiger charge is -2.25. The maximum atomic E-state index is 12.2. The third kappa shape index (κ3) is 5.52. The number of carbonyl (C=O) groups is 1. The Bertz CT molecular complexity index is 565. The van der Waals surface area contributed by atoms with E-state index in [-0.39, 0.29) is 15.7 Å². The topological polar surface area (TPSA) is 39.2 Å². The third-order valence-corrected chi connectivity index (χ3v) is 3.67. The average Bonchev–Trinajstić information content (AvgIpc) is 2.41. The number of carbonyl (C=O) groups excluding carboxylic acids is 1. The molecule has 5 heteroatoms. The van der Waals surface area contributed by atoms with Crippen molar-refractivity contribution < 1.29 is 9.53 Å². The van der Waals surface area contributed by atoms with Crippen molar-refractivity contribution >= 4 is 29.2 Å². The van der Waals surface area contributed by atoms with Gasteiger partial charge in [0, 0.05) is 6.20 Å². The highest BCUT2D eigenvalue weighted by atomic mass is 35.5. The number of hydrogen-bond donors (Lipinski definition) is 0. The summed E-state index contributed by atoms with van der Waals surface area (Å²) in [7, 11) is 0. The molecular weight excluding hydrogens is 309 g/mol. The van der Waals surface area contributed by atoms with Gasteiger partial charge >= 0.3 is 5.97 Å². The fourth-order valence-electron chi connectivity index (χ4n) is 1.65. The van der Waals surface area contributed by atoms with Crippen LogP contribution >= 0.6 is 23.2 Å². The summed E-state index contributed by atoms with van der Waals surface area (Å²) in [6, 6.07) is 1.44. The number of halogens is 2. The summed E-state index contributed by atoms with van der Waals surface area (Å²) in [6.07, 6.45) is 6.53. The Morgan fingerprint density at radius 2 is 2.14 bits per heavy atom. The standard InChI is InChI=1S/C16H19Cl2NO2/c1-5-16(4,8-6-7-11(2)3)21-15(20)12-9-13(17)14(18)19-10-12/h5,7,9-10H,1,6,8H2,2-4H3. The van der Waals surface area contributed by atoms with E-state index in [9.17, 15) is 4.79 Å². The van der Waals surface area contributed by atoms with E-state index in [0.29, 0.717) is 6.42 Å². The second kappa shape index (κ2) is 7.62. The highest BCUT2D eigenvalue weighted by molar-refractivity contribution is 6.41. The average molecular weight is 328 g/mol. The van der Waals surface area contributed by atoms with Crippen LogP contribution in [-0.4, -0.2) is 16.6 Å². The van der Waals surface area contributed by atoms with E-state index in [2.05, 4.69) is 17.6 Å². The predicted octanol–water partition coefficient (Wildman–Crippen LogP) is 5.24. The zero-order valence-corrected chi connectivity index (χ0v) is 14.0. The summed E-state index contributed by atoms with van der Waals surface area (Å²) in [6.45, 7) is 9.62. The molecule has 21 heavy (non-hydrogen) atoms. The summed E-state index contributed by atoms with van der Waals surface area (Å²) in [4.78, 5) is 16.0. The van der Waals surface area contributed by atoms with Crippen LogP contribution in [0.5, 0.6) is 0 Å². The minimum atomic E-state index is -0.741. The highest BCUT2D eigenvalue weighted by Crippen LogP contribution is 2.24. The van der Waals surface area contributed by atoms with Crippen molar-refractivity contribution in [1.29, 1.82) is 0 Å². The molecule has 3 nitrogen and oxygen atoms in total. The van der Waals surface area contributed by atoms with Crippen LogP contribution in [0.4, 0.5) is 0 Å². The Morgan fingerprint density at radius 1 is 1.48 bits per heavy atom. The molecule has 1 rings (SSSR count). The van der Waals surface area contributed by atoms with E-state index in [1.54, 1.807) is 6.08 Å². The van der Waals surface area contributed by atoms with Gasteiger partial charge in [-0.05, 0) is 45.8 Å². The minimum absolute atomic E-state index is 0.156. The molecule has 0 aliphatic carbocycles. The van der Waals surface area contributed by atoms with E-state index in [0.717, 1.165) is 6.42 Å². The van der Waals surface area contributed by atoms with Crippen molar-refractivity contribution in [3.05, 3.63) is 52.3 Å². The van der Waals surface area contributed by atoms with Gasteiger partial charge in [-0.2, -0.15) is 0 Å². The second-order valence-corrected chi connectivity index (χ2v) is 5.99. The van der Waals surface area contributed by atoms with Gasteiger partial charge in [-0.1, -0.05) is 41.4 Å². The first kappa shape index (κ1) is 17.7. The molecule has 0 bridgehead atoms. The first-order chi connectivity index (χ1) is 9.77. The highest BCUT2D eigenvalue weighted by Gasteiger charge is 2.25. The van der Waals surface area contributed by atoms with E-state index in [1.807, 2.05) is 20.8 Å². The summed E-state index contributed by atoms with van der Waals surface area (Å²) >= 11 is 11.6. The number of pyridine rings is 1. The molecule has 1 unspecified atom stereocenters. The lowest BCUT2D eigenvalue weighted by atomic mass is 9.99. The van der Waals surface area contributed by atoms with E-state index < -0.39 is 11.6 Å². The van der Waals surface area contributed by atoms with E-state index in [1.165, 1.54) is 17.8 Å². The van der Waals surface area contributed by atoms with Crippen molar-refractivity contribution in [2.24, 2.45) is 0 Å². The van der Waals surface area contributed by atoms with Crippen LogP contribution in [0.3, 0.4) is 0 Å². The lowest BCUT2D eigenvalue weighted by molar-refractivity contribution is 0.00831. The van der Waals surface area contributed by atoms with E-state index in [4.69, 9.17) is 27.9 Å².